The minimum Gasteiger partial charge on any atom is -0.383 e. The van der Waals surface area contributed by atoms with Gasteiger partial charge in [-0.15, -0.1) is 0 Å². The number of carbonyl (C=O) groups excluding carboxylic acids is 2. The van der Waals surface area contributed by atoms with E-state index in [0.29, 0.717) is 19.7 Å². The zero-order valence-corrected chi connectivity index (χ0v) is 12.3. The number of hydrogen-bond donors (Lipinski definition) is 1. The Bertz CT molecular complexity index is 443. The largest absolute Gasteiger partial charge is 0.383 e. The first kappa shape index (κ1) is 16.2. The van der Waals surface area contributed by atoms with Crippen LogP contribution in [0.2, 0.25) is 0 Å². The smallest absolute Gasteiger partial charge is 0.239 e. The number of ether oxygens (including phenoxy) is 1. The molecule has 1 N–H and O–H groups in total. The van der Waals surface area contributed by atoms with Crippen LogP contribution in [0.1, 0.15) is 18.1 Å². The van der Waals surface area contributed by atoms with Crippen molar-refractivity contribution < 1.29 is 14.3 Å². The average molecular weight is 278 g/mol. The quantitative estimate of drug-likeness (QED) is 0.812. The van der Waals surface area contributed by atoms with Gasteiger partial charge in [-0.2, -0.15) is 0 Å². The molecule has 1 aromatic carbocycles. The highest BCUT2D eigenvalue weighted by Gasteiger charge is 2.12. The van der Waals surface area contributed by atoms with Crippen LogP contribution in [0.15, 0.2) is 24.3 Å². The molecule has 0 saturated heterocycles. The normalized spacial score (nSPS) is 10.2. The van der Waals surface area contributed by atoms with Gasteiger partial charge in [0.2, 0.25) is 11.8 Å². The number of amides is 2. The topological polar surface area (TPSA) is 58.6 Å². The first-order chi connectivity index (χ1) is 9.52. The number of aryl methyl sites for hydroxylation is 1. The standard InChI is InChI=1S/C15H22N2O3/c1-12-4-6-14(7-5-12)10-16-15(19)11-17(13(2)18)8-9-20-3/h4-7H,8-11H2,1-3H3,(H,16,19). The van der Waals surface area contributed by atoms with E-state index < -0.39 is 0 Å². The van der Waals surface area contributed by atoms with E-state index in [2.05, 4.69) is 5.32 Å². The van der Waals surface area contributed by atoms with Gasteiger partial charge in [0, 0.05) is 27.1 Å². The van der Waals surface area contributed by atoms with Crippen LogP contribution in [0.4, 0.5) is 0 Å². The van der Waals surface area contributed by atoms with Crippen LogP contribution in [-0.4, -0.2) is 43.5 Å². The molecule has 2 amide bonds. The summed E-state index contributed by atoms with van der Waals surface area (Å²) in [5.41, 5.74) is 2.22. The maximum Gasteiger partial charge on any atom is 0.239 e. The first-order valence-corrected chi connectivity index (χ1v) is 6.59. The lowest BCUT2D eigenvalue weighted by Crippen LogP contribution is -2.41. The molecule has 5 nitrogen and oxygen atoms in total. The molecule has 0 atom stereocenters. The molecule has 0 radical (unpaired) electrons. The van der Waals surface area contributed by atoms with Crippen LogP contribution < -0.4 is 5.32 Å². The zero-order chi connectivity index (χ0) is 15.0. The molecule has 0 aliphatic rings. The van der Waals surface area contributed by atoms with Crippen molar-refractivity contribution >= 4 is 11.8 Å². The fourth-order valence-electron chi connectivity index (χ4n) is 1.69. The molecule has 0 bridgehead atoms. The van der Waals surface area contributed by atoms with E-state index in [1.807, 2.05) is 31.2 Å². The predicted molar refractivity (Wildman–Crippen MR) is 77.2 cm³/mol. The molecule has 0 aliphatic carbocycles. The van der Waals surface area contributed by atoms with Crippen LogP contribution in [0.3, 0.4) is 0 Å². The van der Waals surface area contributed by atoms with Gasteiger partial charge in [-0.1, -0.05) is 29.8 Å². The molecule has 0 fully saturated rings. The van der Waals surface area contributed by atoms with E-state index >= 15 is 0 Å². The number of rotatable bonds is 7. The van der Waals surface area contributed by atoms with Gasteiger partial charge in [0.15, 0.2) is 0 Å². The fraction of sp³-hybridized carbons (Fsp3) is 0.467. The Hall–Kier alpha value is -1.88. The number of carbonyl (C=O) groups is 2. The van der Waals surface area contributed by atoms with Gasteiger partial charge in [0.1, 0.15) is 0 Å². The van der Waals surface area contributed by atoms with E-state index in [9.17, 15) is 9.59 Å². The molecule has 0 heterocycles. The van der Waals surface area contributed by atoms with Gasteiger partial charge in [0.25, 0.3) is 0 Å². The van der Waals surface area contributed by atoms with Crippen molar-refractivity contribution in [2.45, 2.75) is 20.4 Å². The summed E-state index contributed by atoms with van der Waals surface area (Å²) in [6, 6.07) is 7.95. The lowest BCUT2D eigenvalue weighted by atomic mass is 10.1. The monoisotopic (exact) mass is 278 g/mol. The summed E-state index contributed by atoms with van der Waals surface area (Å²) in [5, 5.41) is 2.81. The number of nitrogens with one attached hydrogen (secondary N) is 1. The number of methoxy groups -OCH3 is 1. The van der Waals surface area contributed by atoms with Crippen molar-refractivity contribution in [2.24, 2.45) is 0 Å². The summed E-state index contributed by atoms with van der Waals surface area (Å²) in [6.45, 7) is 4.83. The summed E-state index contributed by atoms with van der Waals surface area (Å²) >= 11 is 0. The highest BCUT2D eigenvalue weighted by Crippen LogP contribution is 2.02. The van der Waals surface area contributed by atoms with E-state index in [1.165, 1.54) is 17.4 Å². The summed E-state index contributed by atoms with van der Waals surface area (Å²) in [4.78, 5) is 24.7. The van der Waals surface area contributed by atoms with Gasteiger partial charge in [-0.05, 0) is 12.5 Å². The minimum atomic E-state index is -0.170. The molecule has 0 unspecified atom stereocenters. The third kappa shape index (κ3) is 5.84. The molecule has 1 rings (SSSR count). The third-order valence-corrected chi connectivity index (χ3v) is 2.96. The van der Waals surface area contributed by atoms with Crippen LogP contribution in [0.25, 0.3) is 0 Å². The molecule has 20 heavy (non-hydrogen) atoms. The maximum atomic E-state index is 11.8. The van der Waals surface area contributed by atoms with Crippen molar-refractivity contribution in [3.63, 3.8) is 0 Å². The number of hydrogen-bond acceptors (Lipinski definition) is 3. The van der Waals surface area contributed by atoms with Crippen LogP contribution in [0.5, 0.6) is 0 Å². The summed E-state index contributed by atoms with van der Waals surface area (Å²) in [5.74, 6) is -0.301. The SMILES string of the molecule is COCCN(CC(=O)NCc1ccc(C)cc1)C(C)=O. The van der Waals surface area contributed by atoms with E-state index in [-0.39, 0.29) is 18.4 Å². The molecular formula is C15H22N2O3. The Balaban J connectivity index is 2.41. The molecule has 110 valence electrons. The summed E-state index contributed by atoms with van der Waals surface area (Å²) in [6.07, 6.45) is 0. The second kappa shape index (κ2) is 8.32. The molecule has 0 aromatic heterocycles. The van der Waals surface area contributed by atoms with E-state index in [1.54, 1.807) is 7.11 Å². The molecule has 0 aliphatic heterocycles. The van der Waals surface area contributed by atoms with Gasteiger partial charge >= 0.3 is 0 Å². The highest BCUT2D eigenvalue weighted by molar-refractivity contribution is 5.83. The van der Waals surface area contributed by atoms with Gasteiger partial charge < -0.3 is 15.0 Å². The highest BCUT2D eigenvalue weighted by atomic mass is 16.5. The van der Waals surface area contributed by atoms with Gasteiger partial charge in [-0.3, -0.25) is 9.59 Å². The predicted octanol–water partition coefficient (Wildman–Crippen LogP) is 1.11. The third-order valence-electron chi connectivity index (χ3n) is 2.96. The lowest BCUT2D eigenvalue weighted by Gasteiger charge is -2.20. The number of nitrogens with zero attached hydrogens (tertiary/aromatic N) is 1. The molecule has 1 aromatic rings. The second-order valence-corrected chi connectivity index (χ2v) is 4.70. The van der Waals surface area contributed by atoms with Crippen molar-refractivity contribution in [3.05, 3.63) is 35.4 Å². The van der Waals surface area contributed by atoms with Crippen molar-refractivity contribution in [2.75, 3.05) is 26.8 Å². The second-order valence-electron chi connectivity index (χ2n) is 4.70. The Kier molecular flexibility index (Phi) is 6.73. The maximum absolute atomic E-state index is 11.8. The fourth-order valence-corrected chi connectivity index (χ4v) is 1.69. The summed E-state index contributed by atoms with van der Waals surface area (Å²) in [7, 11) is 1.57. The minimum absolute atomic E-state index is 0.0601. The van der Waals surface area contributed by atoms with Gasteiger partial charge in [0.05, 0.1) is 13.2 Å². The average Bonchev–Trinajstić information content (AvgIpc) is 2.42. The van der Waals surface area contributed by atoms with Crippen molar-refractivity contribution in [1.29, 1.82) is 0 Å². The van der Waals surface area contributed by atoms with Gasteiger partial charge in [-0.25, -0.2) is 0 Å². The van der Waals surface area contributed by atoms with Crippen LogP contribution in [-0.2, 0) is 20.9 Å². The molecular weight excluding hydrogens is 256 g/mol. The summed E-state index contributed by atoms with van der Waals surface area (Å²) < 4.78 is 4.92. The van der Waals surface area contributed by atoms with Crippen molar-refractivity contribution in [1.82, 2.24) is 10.2 Å². The molecule has 0 saturated carbocycles. The Labute approximate surface area is 119 Å². The Morgan fingerprint density at radius 3 is 2.45 bits per heavy atom. The molecule has 0 spiro atoms. The lowest BCUT2D eigenvalue weighted by molar-refractivity contribution is -0.135. The van der Waals surface area contributed by atoms with E-state index in [0.717, 1.165) is 5.56 Å². The number of benzene rings is 1. The zero-order valence-electron chi connectivity index (χ0n) is 12.3. The first-order valence-electron chi connectivity index (χ1n) is 6.59. The Morgan fingerprint density at radius 1 is 1.25 bits per heavy atom. The van der Waals surface area contributed by atoms with Crippen LogP contribution >= 0.6 is 0 Å². The van der Waals surface area contributed by atoms with Crippen LogP contribution in [0, 0.1) is 6.92 Å². The molecule has 5 heteroatoms. The van der Waals surface area contributed by atoms with Crippen molar-refractivity contribution in [3.8, 4) is 0 Å². The van der Waals surface area contributed by atoms with E-state index in [4.69, 9.17) is 4.74 Å². The Morgan fingerprint density at radius 2 is 1.90 bits per heavy atom.